The van der Waals surface area contributed by atoms with Crippen molar-refractivity contribution in [2.24, 2.45) is 5.73 Å². The molecule has 0 atom stereocenters. The molecule has 130 valence electrons. The predicted octanol–water partition coefficient (Wildman–Crippen LogP) is 2.78. The van der Waals surface area contributed by atoms with Gasteiger partial charge in [-0.2, -0.15) is 0 Å². The van der Waals surface area contributed by atoms with Crippen LogP contribution >= 0.6 is 22.9 Å². The van der Waals surface area contributed by atoms with Gasteiger partial charge in [0.05, 0.1) is 11.1 Å². The van der Waals surface area contributed by atoms with Crippen LogP contribution in [-0.4, -0.2) is 24.4 Å². The molecule has 0 bridgehead atoms. The van der Waals surface area contributed by atoms with Crippen molar-refractivity contribution in [3.8, 4) is 0 Å². The van der Waals surface area contributed by atoms with Crippen molar-refractivity contribution < 1.29 is 19.1 Å². The van der Waals surface area contributed by atoms with Crippen LogP contribution in [0.5, 0.6) is 0 Å². The summed E-state index contributed by atoms with van der Waals surface area (Å²) in [7, 11) is 0. The lowest BCUT2D eigenvalue weighted by Crippen LogP contribution is -2.22. The zero-order chi connectivity index (χ0) is 18.0. The molecular formula is C17H15ClN2O4S. The number of anilines is 1. The van der Waals surface area contributed by atoms with Gasteiger partial charge in [-0.05, 0) is 43.0 Å². The Labute approximate surface area is 152 Å². The smallest absolute Gasteiger partial charge is 0.338 e. The first kappa shape index (κ1) is 17.4. The van der Waals surface area contributed by atoms with Crippen molar-refractivity contribution in [2.75, 3.05) is 11.9 Å². The van der Waals surface area contributed by atoms with Crippen LogP contribution in [0, 0.1) is 0 Å². The van der Waals surface area contributed by atoms with E-state index in [2.05, 4.69) is 5.32 Å². The molecule has 2 aromatic rings. The molecule has 1 aliphatic rings. The molecule has 1 aliphatic carbocycles. The number of rotatable bonds is 5. The molecule has 0 saturated heterocycles. The molecule has 1 aromatic heterocycles. The van der Waals surface area contributed by atoms with E-state index in [1.54, 1.807) is 18.2 Å². The minimum Gasteiger partial charge on any atom is -0.452 e. The van der Waals surface area contributed by atoms with Gasteiger partial charge in [-0.25, -0.2) is 4.79 Å². The molecule has 0 saturated carbocycles. The number of carbonyl (C=O) groups excluding carboxylic acids is 3. The lowest BCUT2D eigenvalue weighted by atomic mass is 10.1. The highest BCUT2D eigenvalue weighted by Gasteiger charge is 2.26. The predicted molar refractivity (Wildman–Crippen MR) is 95.2 cm³/mol. The molecule has 0 fully saturated rings. The number of nitrogens with one attached hydrogen (secondary N) is 1. The summed E-state index contributed by atoms with van der Waals surface area (Å²) in [5.74, 6) is -1.75. The Morgan fingerprint density at radius 1 is 1.28 bits per heavy atom. The van der Waals surface area contributed by atoms with E-state index in [1.165, 1.54) is 17.4 Å². The SMILES string of the molecule is NC(=O)c1c(NC(=O)COC(=O)c2cccc(Cl)c2)sc2c1CCC2. The maximum atomic E-state index is 12.1. The number of thiophene rings is 1. The van der Waals surface area contributed by atoms with Crippen molar-refractivity contribution in [2.45, 2.75) is 19.3 Å². The second kappa shape index (κ2) is 7.25. The van der Waals surface area contributed by atoms with E-state index in [1.807, 2.05) is 0 Å². The molecule has 0 unspecified atom stereocenters. The fourth-order valence-electron chi connectivity index (χ4n) is 2.75. The number of halogens is 1. The summed E-state index contributed by atoms with van der Waals surface area (Å²) < 4.78 is 4.97. The second-order valence-electron chi connectivity index (χ2n) is 5.56. The molecule has 0 radical (unpaired) electrons. The van der Waals surface area contributed by atoms with Crippen LogP contribution in [0.3, 0.4) is 0 Å². The quantitative estimate of drug-likeness (QED) is 0.781. The Morgan fingerprint density at radius 2 is 2.08 bits per heavy atom. The van der Waals surface area contributed by atoms with E-state index < -0.39 is 24.4 Å². The molecular weight excluding hydrogens is 364 g/mol. The number of hydrogen-bond acceptors (Lipinski definition) is 5. The van der Waals surface area contributed by atoms with Gasteiger partial charge >= 0.3 is 5.97 Å². The average molecular weight is 379 g/mol. The molecule has 8 heteroatoms. The zero-order valence-electron chi connectivity index (χ0n) is 13.1. The first-order chi connectivity index (χ1) is 12.0. The highest BCUT2D eigenvalue weighted by Crippen LogP contribution is 2.38. The highest BCUT2D eigenvalue weighted by molar-refractivity contribution is 7.17. The molecule has 25 heavy (non-hydrogen) atoms. The first-order valence-electron chi connectivity index (χ1n) is 7.62. The van der Waals surface area contributed by atoms with Crippen LogP contribution in [0.1, 0.15) is 37.6 Å². The summed E-state index contributed by atoms with van der Waals surface area (Å²) in [6.45, 7) is -0.466. The monoisotopic (exact) mass is 378 g/mol. The molecule has 6 nitrogen and oxygen atoms in total. The Hall–Kier alpha value is -2.38. The summed E-state index contributed by atoms with van der Waals surface area (Å²) in [5, 5.41) is 3.43. The van der Waals surface area contributed by atoms with Crippen LogP contribution in [0.25, 0.3) is 0 Å². The number of aryl methyl sites for hydroxylation is 1. The fourth-order valence-corrected chi connectivity index (χ4v) is 4.25. The minimum atomic E-state index is -0.651. The standard InChI is InChI=1S/C17H15ClN2O4S/c18-10-4-1-3-9(7-10)17(23)24-8-13(21)20-16-14(15(19)22)11-5-2-6-12(11)25-16/h1,3-4,7H,2,5-6,8H2,(H2,19,22)(H,20,21). The van der Waals surface area contributed by atoms with E-state index >= 15 is 0 Å². The molecule has 1 heterocycles. The van der Waals surface area contributed by atoms with Crippen molar-refractivity contribution in [1.82, 2.24) is 0 Å². The molecule has 3 N–H and O–H groups in total. The summed E-state index contributed by atoms with van der Waals surface area (Å²) >= 11 is 7.16. The maximum absolute atomic E-state index is 12.1. The van der Waals surface area contributed by atoms with Crippen molar-refractivity contribution in [3.63, 3.8) is 0 Å². The summed E-state index contributed by atoms with van der Waals surface area (Å²) in [6, 6.07) is 6.25. The van der Waals surface area contributed by atoms with Gasteiger partial charge in [-0.15, -0.1) is 11.3 Å². The number of esters is 1. The number of amides is 2. The number of ether oxygens (including phenoxy) is 1. The third-order valence-corrected chi connectivity index (χ3v) is 5.26. The maximum Gasteiger partial charge on any atom is 0.338 e. The Kier molecular flexibility index (Phi) is 5.06. The minimum absolute atomic E-state index is 0.258. The van der Waals surface area contributed by atoms with Gasteiger partial charge in [-0.1, -0.05) is 17.7 Å². The summed E-state index contributed by atoms with van der Waals surface area (Å²) in [4.78, 5) is 36.7. The molecule has 1 aromatic carbocycles. The number of nitrogens with two attached hydrogens (primary N) is 1. The van der Waals surface area contributed by atoms with Gasteiger partial charge in [-0.3, -0.25) is 9.59 Å². The van der Waals surface area contributed by atoms with Crippen LogP contribution in [0.4, 0.5) is 5.00 Å². The van der Waals surface area contributed by atoms with E-state index in [0.29, 0.717) is 15.6 Å². The lowest BCUT2D eigenvalue weighted by molar-refractivity contribution is -0.119. The van der Waals surface area contributed by atoms with Crippen molar-refractivity contribution in [3.05, 3.63) is 50.9 Å². The van der Waals surface area contributed by atoms with Gasteiger partial charge in [0.15, 0.2) is 6.61 Å². The lowest BCUT2D eigenvalue weighted by Gasteiger charge is -2.07. The Morgan fingerprint density at radius 3 is 2.80 bits per heavy atom. The highest BCUT2D eigenvalue weighted by atomic mass is 35.5. The van der Waals surface area contributed by atoms with Crippen LogP contribution in [0.15, 0.2) is 24.3 Å². The number of primary amides is 1. The molecule has 3 rings (SSSR count). The number of benzene rings is 1. The van der Waals surface area contributed by atoms with Gasteiger partial charge in [0.1, 0.15) is 5.00 Å². The zero-order valence-corrected chi connectivity index (χ0v) is 14.7. The molecule has 0 spiro atoms. The van der Waals surface area contributed by atoms with E-state index in [9.17, 15) is 14.4 Å². The fraction of sp³-hybridized carbons (Fsp3) is 0.235. The second-order valence-corrected chi connectivity index (χ2v) is 7.10. The topological polar surface area (TPSA) is 98.5 Å². The average Bonchev–Trinajstić information content (AvgIpc) is 3.12. The molecule has 2 amide bonds. The van der Waals surface area contributed by atoms with E-state index in [0.717, 1.165) is 29.7 Å². The number of hydrogen-bond donors (Lipinski definition) is 2. The summed E-state index contributed by atoms with van der Waals surface area (Å²) in [5.41, 5.74) is 6.98. The van der Waals surface area contributed by atoms with Crippen molar-refractivity contribution in [1.29, 1.82) is 0 Å². The van der Waals surface area contributed by atoms with E-state index in [4.69, 9.17) is 22.1 Å². The number of fused-ring (bicyclic) bond motifs is 1. The van der Waals surface area contributed by atoms with Crippen LogP contribution < -0.4 is 11.1 Å². The Balaban J connectivity index is 1.64. The van der Waals surface area contributed by atoms with Crippen LogP contribution in [-0.2, 0) is 22.4 Å². The first-order valence-corrected chi connectivity index (χ1v) is 8.82. The van der Waals surface area contributed by atoms with Gasteiger partial charge < -0.3 is 15.8 Å². The van der Waals surface area contributed by atoms with E-state index in [-0.39, 0.29) is 5.56 Å². The van der Waals surface area contributed by atoms with Gasteiger partial charge in [0, 0.05) is 9.90 Å². The number of carbonyl (C=O) groups is 3. The van der Waals surface area contributed by atoms with Gasteiger partial charge in [0.2, 0.25) is 0 Å². The Bertz CT molecular complexity index is 862. The summed E-state index contributed by atoms with van der Waals surface area (Å²) in [6.07, 6.45) is 2.64. The largest absolute Gasteiger partial charge is 0.452 e. The van der Waals surface area contributed by atoms with Crippen LogP contribution in [0.2, 0.25) is 5.02 Å². The normalized spacial score (nSPS) is 12.5. The van der Waals surface area contributed by atoms with Gasteiger partial charge in [0.25, 0.3) is 11.8 Å². The molecule has 0 aliphatic heterocycles. The van der Waals surface area contributed by atoms with Crippen molar-refractivity contribution >= 4 is 45.7 Å². The third-order valence-electron chi connectivity index (χ3n) is 3.82. The third kappa shape index (κ3) is 3.83.